The lowest BCUT2D eigenvalue weighted by Crippen LogP contribution is -2.36. The van der Waals surface area contributed by atoms with Gasteiger partial charge < -0.3 is 19.9 Å². The van der Waals surface area contributed by atoms with Gasteiger partial charge in [-0.3, -0.25) is 9.48 Å². The van der Waals surface area contributed by atoms with Gasteiger partial charge in [-0.05, 0) is 71.0 Å². The highest BCUT2D eigenvalue weighted by molar-refractivity contribution is 6.31. The number of nitrogens with zero attached hydrogens (tertiary/aromatic N) is 7. The summed E-state index contributed by atoms with van der Waals surface area (Å²) in [6.07, 6.45) is 1.35. The molecule has 0 aliphatic heterocycles. The summed E-state index contributed by atoms with van der Waals surface area (Å²) in [4.78, 5) is 38.7. The summed E-state index contributed by atoms with van der Waals surface area (Å²) in [7, 11) is 3.38. The number of carbonyl (C=O) groups is 2. The Kier molecular flexibility index (Phi) is 9.75. The number of nitriles is 1. The third-order valence-corrected chi connectivity index (χ3v) is 7.16. The number of carbonyl (C=O) groups excluding carboxylic acids is 2. The Bertz CT molecular complexity index is 1740. The minimum Gasteiger partial charge on any atom is -0.444 e. The number of fused-ring (bicyclic) bond motifs is 1. The number of halogens is 1. The Balaban J connectivity index is 1.64. The van der Waals surface area contributed by atoms with Crippen molar-refractivity contribution < 1.29 is 14.3 Å². The van der Waals surface area contributed by atoms with Crippen molar-refractivity contribution in [2.75, 3.05) is 32.5 Å². The van der Waals surface area contributed by atoms with Gasteiger partial charge >= 0.3 is 6.09 Å². The summed E-state index contributed by atoms with van der Waals surface area (Å²) in [6, 6.07) is 12.5. The number of aromatic nitrogens is 4. The van der Waals surface area contributed by atoms with E-state index >= 15 is 0 Å². The van der Waals surface area contributed by atoms with Crippen LogP contribution in [0.1, 0.15) is 55.0 Å². The fourth-order valence-corrected chi connectivity index (χ4v) is 4.75. The molecule has 2 amide bonds. The summed E-state index contributed by atoms with van der Waals surface area (Å²) in [5, 5.41) is 18.4. The van der Waals surface area contributed by atoms with Gasteiger partial charge in [0, 0.05) is 73.2 Å². The molecule has 0 aliphatic rings. The van der Waals surface area contributed by atoms with Crippen molar-refractivity contribution >= 4 is 40.2 Å². The van der Waals surface area contributed by atoms with Crippen LogP contribution in [-0.4, -0.2) is 74.3 Å². The summed E-state index contributed by atoms with van der Waals surface area (Å²) in [6.45, 7) is 11.3. The van der Waals surface area contributed by atoms with Gasteiger partial charge in [0.25, 0.3) is 5.91 Å². The molecule has 4 aromatic rings. The lowest BCUT2D eigenvalue weighted by atomic mass is 10.1. The molecule has 0 aliphatic carbocycles. The van der Waals surface area contributed by atoms with Crippen molar-refractivity contribution in [3.05, 3.63) is 70.1 Å². The number of likely N-dealkylation sites (N-methyl/N-ethyl adjacent to an activating group) is 1. The molecule has 44 heavy (non-hydrogen) atoms. The molecule has 12 heteroatoms. The first kappa shape index (κ1) is 32.2. The molecular weight excluding hydrogens is 580 g/mol. The minimum absolute atomic E-state index is 0.200. The second-order valence-corrected chi connectivity index (χ2v) is 12.0. The number of rotatable bonds is 9. The first-order valence-electron chi connectivity index (χ1n) is 14.3. The van der Waals surface area contributed by atoms with Gasteiger partial charge in [0.1, 0.15) is 11.3 Å². The number of aryl methyl sites for hydroxylation is 1. The number of hydrogen-bond acceptors (Lipinski definition) is 8. The summed E-state index contributed by atoms with van der Waals surface area (Å²) >= 11 is 6.31. The summed E-state index contributed by atoms with van der Waals surface area (Å²) < 4.78 is 7.29. The Morgan fingerprint density at radius 2 is 1.86 bits per heavy atom. The minimum atomic E-state index is -0.591. The van der Waals surface area contributed by atoms with E-state index in [-0.39, 0.29) is 17.4 Å². The molecule has 11 nitrogen and oxygen atoms in total. The lowest BCUT2D eigenvalue weighted by Gasteiger charge is -2.24. The molecule has 0 unspecified atom stereocenters. The van der Waals surface area contributed by atoms with Gasteiger partial charge in [-0.2, -0.15) is 10.4 Å². The van der Waals surface area contributed by atoms with Crippen LogP contribution in [-0.2, 0) is 17.8 Å². The Labute approximate surface area is 262 Å². The third kappa shape index (κ3) is 7.63. The van der Waals surface area contributed by atoms with Crippen LogP contribution < -0.4 is 5.32 Å². The highest BCUT2D eigenvalue weighted by Crippen LogP contribution is 2.28. The molecule has 0 radical (unpaired) electrons. The van der Waals surface area contributed by atoms with E-state index in [4.69, 9.17) is 26.3 Å². The van der Waals surface area contributed by atoms with Crippen molar-refractivity contribution in [1.29, 1.82) is 5.26 Å². The highest BCUT2D eigenvalue weighted by atomic mass is 35.5. The number of ether oxygens (including phenoxy) is 1. The first-order chi connectivity index (χ1) is 20.8. The molecule has 2 aromatic heterocycles. The molecular formula is C32H37ClN8O3. The zero-order valence-electron chi connectivity index (χ0n) is 26.1. The zero-order chi connectivity index (χ0) is 32.2. The van der Waals surface area contributed by atoms with E-state index in [0.717, 1.165) is 17.8 Å². The number of nitrogens with one attached hydrogen (secondary N) is 1. The number of benzene rings is 2. The average Bonchev–Trinajstić information content (AvgIpc) is 3.33. The molecule has 0 spiro atoms. The van der Waals surface area contributed by atoms with Crippen LogP contribution in [0, 0.1) is 18.3 Å². The van der Waals surface area contributed by atoms with Crippen LogP contribution in [0.15, 0.2) is 42.6 Å². The Morgan fingerprint density at radius 1 is 1.11 bits per heavy atom. The third-order valence-electron chi connectivity index (χ3n) is 6.92. The fraction of sp³-hybridized carbons (Fsp3) is 0.375. The van der Waals surface area contributed by atoms with Gasteiger partial charge in [-0.1, -0.05) is 11.6 Å². The van der Waals surface area contributed by atoms with Crippen LogP contribution in [0.4, 0.5) is 10.5 Å². The van der Waals surface area contributed by atoms with E-state index in [0.29, 0.717) is 52.4 Å². The Morgan fingerprint density at radius 3 is 2.52 bits per heavy atom. The van der Waals surface area contributed by atoms with E-state index in [1.54, 1.807) is 55.5 Å². The van der Waals surface area contributed by atoms with E-state index in [1.807, 2.05) is 45.4 Å². The van der Waals surface area contributed by atoms with Crippen LogP contribution in [0.2, 0.25) is 5.02 Å². The highest BCUT2D eigenvalue weighted by Gasteiger charge is 2.22. The Hall–Kier alpha value is -4.69. The fourth-order valence-electron chi connectivity index (χ4n) is 4.58. The topological polar surface area (TPSA) is 129 Å². The maximum absolute atomic E-state index is 13.8. The van der Waals surface area contributed by atoms with E-state index < -0.39 is 11.7 Å². The monoisotopic (exact) mass is 616 g/mol. The number of anilines is 1. The van der Waals surface area contributed by atoms with Gasteiger partial charge in [-0.15, -0.1) is 0 Å². The smallest absolute Gasteiger partial charge is 0.410 e. The van der Waals surface area contributed by atoms with E-state index in [9.17, 15) is 14.9 Å². The summed E-state index contributed by atoms with van der Waals surface area (Å²) in [5.41, 5.74) is 3.67. The molecule has 0 atom stereocenters. The van der Waals surface area contributed by atoms with Crippen molar-refractivity contribution in [2.24, 2.45) is 0 Å². The first-order valence-corrected chi connectivity index (χ1v) is 14.6. The van der Waals surface area contributed by atoms with E-state index in [2.05, 4.69) is 16.5 Å². The van der Waals surface area contributed by atoms with Crippen molar-refractivity contribution in [3.8, 4) is 17.5 Å². The average molecular weight is 617 g/mol. The van der Waals surface area contributed by atoms with Gasteiger partial charge in [-0.25, -0.2) is 14.8 Å². The normalized spacial score (nSPS) is 11.2. The second kappa shape index (κ2) is 13.3. The maximum Gasteiger partial charge on any atom is 0.410 e. The number of hydrogen-bond donors (Lipinski definition) is 1. The largest absolute Gasteiger partial charge is 0.444 e. The van der Waals surface area contributed by atoms with Crippen LogP contribution in [0.25, 0.3) is 22.3 Å². The van der Waals surface area contributed by atoms with E-state index in [1.165, 1.54) is 4.90 Å². The molecule has 2 heterocycles. The van der Waals surface area contributed by atoms with Crippen molar-refractivity contribution in [2.45, 2.75) is 53.3 Å². The van der Waals surface area contributed by atoms with Crippen molar-refractivity contribution in [1.82, 2.24) is 29.5 Å². The van der Waals surface area contributed by atoms with Crippen LogP contribution in [0.5, 0.6) is 0 Å². The molecule has 0 fully saturated rings. The predicted molar refractivity (Wildman–Crippen MR) is 170 cm³/mol. The zero-order valence-corrected chi connectivity index (χ0v) is 26.9. The molecule has 0 bridgehead atoms. The molecule has 2 aromatic carbocycles. The van der Waals surface area contributed by atoms with Crippen LogP contribution >= 0.6 is 11.6 Å². The SMILES string of the molecule is CCn1ncc(CN(C)C(=O)c2nc(-c3cc(C#N)cc(NCCN(C)C(=O)OC(C)(C)C)c3)nc3ccc(Cl)cc23)c1C. The molecule has 0 saturated carbocycles. The second-order valence-electron chi connectivity index (χ2n) is 11.5. The quantitative estimate of drug-likeness (QED) is 0.246. The van der Waals surface area contributed by atoms with Crippen LogP contribution in [0.3, 0.4) is 0 Å². The molecule has 4 rings (SSSR count). The van der Waals surface area contributed by atoms with Gasteiger partial charge in [0.2, 0.25) is 0 Å². The summed E-state index contributed by atoms with van der Waals surface area (Å²) in [5.74, 6) is -0.0119. The molecule has 0 saturated heterocycles. The van der Waals surface area contributed by atoms with Gasteiger partial charge in [0.05, 0.1) is 23.3 Å². The number of amides is 2. The van der Waals surface area contributed by atoms with Crippen molar-refractivity contribution in [3.63, 3.8) is 0 Å². The predicted octanol–water partition coefficient (Wildman–Crippen LogP) is 5.90. The van der Waals surface area contributed by atoms with Gasteiger partial charge in [0.15, 0.2) is 5.82 Å². The molecule has 1 N–H and O–H groups in total. The maximum atomic E-state index is 13.8. The standard InChI is InChI=1S/C32H37ClN8O3/c1-8-41-20(2)23(18-36-41)19-40(7)30(42)28-26-16-24(33)9-10-27(26)37-29(38-28)22-13-21(17-34)14-25(15-22)35-11-12-39(6)31(43)44-32(3,4)5/h9-10,13-16,18,35H,8,11-12,19H2,1-7H3. The molecule has 230 valence electrons. The lowest BCUT2D eigenvalue weighted by molar-refractivity contribution is 0.0305.